The van der Waals surface area contributed by atoms with Crippen LogP contribution in [0.25, 0.3) is 0 Å². The van der Waals surface area contributed by atoms with Crippen molar-refractivity contribution in [1.29, 1.82) is 0 Å². The van der Waals surface area contributed by atoms with Gasteiger partial charge in [0.25, 0.3) is 0 Å². The van der Waals surface area contributed by atoms with Gasteiger partial charge in [-0.25, -0.2) is 4.98 Å². The van der Waals surface area contributed by atoms with Crippen LogP contribution in [0.2, 0.25) is 0 Å². The van der Waals surface area contributed by atoms with Gasteiger partial charge < -0.3 is 14.2 Å². The highest BCUT2D eigenvalue weighted by atomic mass is 16.5. The van der Waals surface area contributed by atoms with Crippen molar-refractivity contribution in [2.24, 2.45) is 13.0 Å². The molecule has 0 aliphatic carbocycles. The summed E-state index contributed by atoms with van der Waals surface area (Å²) >= 11 is 0. The lowest BCUT2D eigenvalue weighted by atomic mass is 10.0. The number of hydrogen-bond acceptors (Lipinski definition) is 4. The van der Waals surface area contributed by atoms with E-state index in [1.807, 2.05) is 24.3 Å². The zero-order chi connectivity index (χ0) is 14.7. The van der Waals surface area contributed by atoms with Gasteiger partial charge in [-0.2, -0.15) is 0 Å². The van der Waals surface area contributed by atoms with E-state index in [0.29, 0.717) is 18.2 Å². The normalized spacial score (nSPS) is 23.7. The molecule has 0 N–H and O–H groups in total. The number of ether oxygens (including phenoxy) is 1. The average Bonchev–Trinajstić information content (AvgIpc) is 3.12. The van der Waals surface area contributed by atoms with Gasteiger partial charge in [-0.15, -0.1) is 0 Å². The number of imidazole rings is 1. The first kappa shape index (κ1) is 14.5. The smallest absolute Gasteiger partial charge is 0.223 e. The van der Waals surface area contributed by atoms with Crippen molar-refractivity contribution in [3.63, 3.8) is 0 Å². The third-order valence-corrected chi connectivity index (χ3v) is 4.50. The number of amides is 1. The van der Waals surface area contributed by atoms with Crippen LogP contribution in [-0.4, -0.2) is 64.7 Å². The Bertz CT molecular complexity index is 474. The summed E-state index contributed by atoms with van der Waals surface area (Å²) < 4.78 is 7.40. The highest BCUT2D eigenvalue weighted by Gasteiger charge is 2.25. The number of hydrogen-bond donors (Lipinski definition) is 0. The second kappa shape index (κ2) is 6.58. The molecule has 2 aliphatic rings. The predicted molar refractivity (Wildman–Crippen MR) is 78.6 cm³/mol. The fraction of sp³-hybridized carbons (Fsp3) is 0.733. The Kier molecular flexibility index (Phi) is 4.55. The average molecular weight is 292 g/mol. The van der Waals surface area contributed by atoms with Crippen LogP contribution in [0.15, 0.2) is 12.4 Å². The van der Waals surface area contributed by atoms with Crippen LogP contribution >= 0.6 is 0 Å². The van der Waals surface area contributed by atoms with E-state index in [4.69, 9.17) is 4.74 Å². The molecule has 0 saturated carbocycles. The first-order valence-electron chi connectivity index (χ1n) is 7.76. The van der Waals surface area contributed by atoms with Crippen molar-refractivity contribution in [2.45, 2.75) is 19.4 Å². The zero-order valence-electron chi connectivity index (χ0n) is 12.7. The number of carbonyl (C=O) groups is 1. The van der Waals surface area contributed by atoms with Gasteiger partial charge in [0.2, 0.25) is 5.91 Å². The van der Waals surface area contributed by atoms with Gasteiger partial charge in [-0.05, 0) is 12.3 Å². The summed E-state index contributed by atoms with van der Waals surface area (Å²) in [7, 11) is 2.02. The minimum Gasteiger partial charge on any atom is -0.381 e. The van der Waals surface area contributed by atoms with E-state index in [1.54, 1.807) is 0 Å². The summed E-state index contributed by atoms with van der Waals surface area (Å²) in [5.41, 5.74) is 0. The first-order valence-corrected chi connectivity index (χ1v) is 7.76. The molecule has 1 amide bonds. The Labute approximate surface area is 125 Å². The van der Waals surface area contributed by atoms with E-state index in [9.17, 15) is 4.79 Å². The summed E-state index contributed by atoms with van der Waals surface area (Å²) in [5, 5.41) is 0. The Morgan fingerprint density at radius 3 is 2.81 bits per heavy atom. The molecular formula is C15H24N4O2. The summed E-state index contributed by atoms with van der Waals surface area (Å²) in [5.74, 6) is 1.81. The fourth-order valence-corrected chi connectivity index (χ4v) is 3.02. The lowest BCUT2D eigenvalue weighted by Crippen LogP contribution is -2.48. The molecule has 2 fully saturated rings. The van der Waals surface area contributed by atoms with E-state index < -0.39 is 0 Å². The van der Waals surface area contributed by atoms with Crippen LogP contribution in [0.4, 0.5) is 0 Å². The van der Waals surface area contributed by atoms with Crippen LogP contribution in [0, 0.1) is 5.92 Å². The van der Waals surface area contributed by atoms with Crippen molar-refractivity contribution in [3.05, 3.63) is 18.2 Å². The quantitative estimate of drug-likeness (QED) is 0.810. The maximum Gasteiger partial charge on any atom is 0.223 e. The van der Waals surface area contributed by atoms with Crippen molar-refractivity contribution in [1.82, 2.24) is 19.4 Å². The maximum absolute atomic E-state index is 12.3. The molecule has 1 aromatic heterocycles. The van der Waals surface area contributed by atoms with E-state index >= 15 is 0 Å². The number of piperazine rings is 1. The third-order valence-electron chi connectivity index (χ3n) is 4.50. The molecule has 6 heteroatoms. The Morgan fingerprint density at radius 1 is 1.38 bits per heavy atom. The standard InChI is InChI=1S/C15H24N4O2/c1-17-4-3-16-14(17)11-18-5-7-19(8-6-18)15(20)10-13-2-9-21-12-13/h3-4,13H,2,5-12H2,1H3. The molecule has 3 rings (SSSR count). The van der Waals surface area contributed by atoms with Crippen LogP contribution < -0.4 is 0 Å². The van der Waals surface area contributed by atoms with Crippen molar-refractivity contribution in [3.8, 4) is 0 Å². The molecule has 6 nitrogen and oxygen atoms in total. The minimum atomic E-state index is 0.294. The van der Waals surface area contributed by atoms with Gasteiger partial charge in [-0.3, -0.25) is 9.69 Å². The SMILES string of the molecule is Cn1ccnc1CN1CCN(C(=O)CC2CCOC2)CC1. The Morgan fingerprint density at radius 2 is 2.19 bits per heavy atom. The molecule has 1 atom stereocenters. The molecule has 2 saturated heterocycles. The molecule has 0 aromatic carbocycles. The minimum absolute atomic E-state index is 0.294. The number of carbonyl (C=O) groups excluding carboxylic acids is 1. The highest BCUT2D eigenvalue weighted by Crippen LogP contribution is 2.18. The topological polar surface area (TPSA) is 50.6 Å². The van der Waals surface area contributed by atoms with Gasteiger partial charge >= 0.3 is 0 Å². The molecule has 21 heavy (non-hydrogen) atoms. The largest absolute Gasteiger partial charge is 0.381 e. The summed E-state index contributed by atoms with van der Waals surface area (Å²) in [6.45, 7) is 5.95. The van der Waals surface area contributed by atoms with E-state index in [0.717, 1.165) is 58.2 Å². The summed E-state index contributed by atoms with van der Waals surface area (Å²) in [6.07, 6.45) is 5.49. The van der Waals surface area contributed by atoms with Gasteiger partial charge in [0.05, 0.1) is 6.54 Å². The molecule has 1 unspecified atom stereocenters. The molecule has 116 valence electrons. The third kappa shape index (κ3) is 3.63. The number of rotatable bonds is 4. The molecule has 0 radical (unpaired) electrons. The Hall–Kier alpha value is -1.40. The molecule has 2 aliphatic heterocycles. The van der Waals surface area contributed by atoms with Crippen molar-refractivity contribution >= 4 is 5.91 Å². The Balaban J connectivity index is 1.44. The van der Waals surface area contributed by atoms with Crippen LogP contribution in [0.5, 0.6) is 0 Å². The molecular weight excluding hydrogens is 268 g/mol. The summed E-state index contributed by atoms with van der Waals surface area (Å²) in [6, 6.07) is 0. The fourth-order valence-electron chi connectivity index (χ4n) is 3.02. The molecule has 1 aromatic rings. The monoisotopic (exact) mass is 292 g/mol. The van der Waals surface area contributed by atoms with E-state index in [-0.39, 0.29) is 0 Å². The van der Waals surface area contributed by atoms with Gasteiger partial charge in [0.1, 0.15) is 5.82 Å². The number of nitrogens with zero attached hydrogens (tertiary/aromatic N) is 4. The zero-order valence-corrected chi connectivity index (χ0v) is 12.7. The molecule has 0 spiro atoms. The van der Waals surface area contributed by atoms with Crippen LogP contribution in [-0.2, 0) is 23.1 Å². The van der Waals surface area contributed by atoms with E-state index in [2.05, 4.69) is 14.5 Å². The number of aromatic nitrogens is 2. The van der Waals surface area contributed by atoms with E-state index in [1.165, 1.54) is 0 Å². The van der Waals surface area contributed by atoms with Crippen molar-refractivity contribution in [2.75, 3.05) is 39.4 Å². The second-order valence-electron chi connectivity index (χ2n) is 6.05. The van der Waals surface area contributed by atoms with Gasteiger partial charge in [0.15, 0.2) is 0 Å². The van der Waals surface area contributed by atoms with Crippen molar-refractivity contribution < 1.29 is 9.53 Å². The van der Waals surface area contributed by atoms with Crippen LogP contribution in [0.1, 0.15) is 18.7 Å². The molecule has 3 heterocycles. The number of aryl methyl sites for hydroxylation is 1. The second-order valence-corrected chi connectivity index (χ2v) is 6.05. The highest BCUT2D eigenvalue weighted by molar-refractivity contribution is 5.76. The van der Waals surface area contributed by atoms with Crippen LogP contribution in [0.3, 0.4) is 0 Å². The molecule has 0 bridgehead atoms. The predicted octanol–water partition coefficient (Wildman–Crippen LogP) is 0.491. The maximum atomic E-state index is 12.3. The summed E-state index contributed by atoms with van der Waals surface area (Å²) in [4.78, 5) is 21.0. The lowest BCUT2D eigenvalue weighted by Gasteiger charge is -2.35. The first-order chi connectivity index (χ1) is 10.2. The van der Waals surface area contributed by atoms with Gasteiger partial charge in [0, 0.05) is 65.3 Å². The van der Waals surface area contributed by atoms with Gasteiger partial charge in [-0.1, -0.05) is 0 Å². The lowest BCUT2D eigenvalue weighted by molar-refractivity contribution is -0.134.